The van der Waals surface area contributed by atoms with Crippen molar-refractivity contribution < 1.29 is 27.1 Å². The SMILES string of the molecule is CCC(CC)NC(=O)COC(=O)CNS(=O)(=O)c1cccc(F)c1. The molecule has 0 spiro atoms. The molecule has 24 heavy (non-hydrogen) atoms. The van der Waals surface area contributed by atoms with E-state index in [9.17, 15) is 22.4 Å². The van der Waals surface area contributed by atoms with Gasteiger partial charge >= 0.3 is 5.97 Å². The monoisotopic (exact) mass is 360 g/mol. The van der Waals surface area contributed by atoms with Gasteiger partial charge in [-0.05, 0) is 31.0 Å². The number of hydrogen-bond donors (Lipinski definition) is 2. The lowest BCUT2D eigenvalue weighted by Gasteiger charge is -2.14. The molecular formula is C15H21FN2O5S. The second-order valence-corrected chi connectivity index (χ2v) is 6.79. The van der Waals surface area contributed by atoms with Crippen LogP contribution in [0, 0.1) is 5.82 Å². The van der Waals surface area contributed by atoms with Gasteiger partial charge in [-0.25, -0.2) is 12.8 Å². The fourth-order valence-electron chi connectivity index (χ4n) is 1.83. The Bertz CT molecular complexity index is 674. The van der Waals surface area contributed by atoms with Gasteiger partial charge in [0.1, 0.15) is 12.4 Å². The first kappa shape index (κ1) is 20.0. The van der Waals surface area contributed by atoms with Gasteiger partial charge in [-0.15, -0.1) is 0 Å². The maximum atomic E-state index is 13.0. The molecule has 1 aromatic rings. The summed E-state index contributed by atoms with van der Waals surface area (Å²) in [6.07, 6.45) is 1.51. The third-order valence-corrected chi connectivity index (χ3v) is 4.63. The molecule has 0 aliphatic heterocycles. The minimum atomic E-state index is -4.03. The molecule has 0 aromatic heterocycles. The second-order valence-electron chi connectivity index (χ2n) is 5.02. The van der Waals surface area contributed by atoms with Crippen molar-refractivity contribution in [2.24, 2.45) is 0 Å². The van der Waals surface area contributed by atoms with E-state index in [2.05, 4.69) is 5.32 Å². The van der Waals surface area contributed by atoms with Crippen molar-refractivity contribution in [3.63, 3.8) is 0 Å². The quantitative estimate of drug-likeness (QED) is 0.639. The zero-order chi connectivity index (χ0) is 18.2. The predicted molar refractivity (Wildman–Crippen MR) is 85.1 cm³/mol. The van der Waals surface area contributed by atoms with Crippen LogP contribution in [0.1, 0.15) is 26.7 Å². The molecule has 9 heteroatoms. The van der Waals surface area contributed by atoms with E-state index in [0.717, 1.165) is 25.0 Å². The fraction of sp³-hybridized carbons (Fsp3) is 0.467. The van der Waals surface area contributed by atoms with E-state index in [1.165, 1.54) is 12.1 Å². The second kappa shape index (κ2) is 9.33. The smallest absolute Gasteiger partial charge is 0.321 e. The third-order valence-electron chi connectivity index (χ3n) is 3.23. The first-order valence-electron chi connectivity index (χ1n) is 7.48. The van der Waals surface area contributed by atoms with E-state index < -0.39 is 40.9 Å². The van der Waals surface area contributed by atoms with Gasteiger partial charge < -0.3 is 10.1 Å². The van der Waals surface area contributed by atoms with Gasteiger partial charge in [0.2, 0.25) is 10.0 Å². The zero-order valence-corrected chi connectivity index (χ0v) is 14.4. The summed E-state index contributed by atoms with van der Waals surface area (Å²) in [4.78, 5) is 22.8. The average Bonchev–Trinajstić information content (AvgIpc) is 2.56. The van der Waals surface area contributed by atoms with Gasteiger partial charge in [-0.3, -0.25) is 9.59 Å². The standard InChI is InChI=1S/C15H21FN2O5S/c1-3-12(4-2)18-14(19)10-23-15(20)9-17-24(21,22)13-7-5-6-11(16)8-13/h5-8,12,17H,3-4,9-10H2,1-2H3,(H,18,19). The van der Waals surface area contributed by atoms with Crippen molar-refractivity contribution in [3.8, 4) is 0 Å². The molecule has 0 atom stereocenters. The van der Waals surface area contributed by atoms with Crippen LogP contribution in [0.4, 0.5) is 4.39 Å². The number of amides is 1. The number of nitrogens with one attached hydrogen (secondary N) is 2. The minimum absolute atomic E-state index is 0.00248. The van der Waals surface area contributed by atoms with Crippen LogP contribution >= 0.6 is 0 Å². The van der Waals surface area contributed by atoms with Crippen LogP contribution in [0.5, 0.6) is 0 Å². The number of ether oxygens (including phenoxy) is 1. The van der Waals surface area contributed by atoms with E-state index in [0.29, 0.717) is 0 Å². The Labute approximate surface area is 140 Å². The molecule has 0 aliphatic rings. The number of esters is 1. The van der Waals surface area contributed by atoms with Crippen LogP contribution in [0.2, 0.25) is 0 Å². The summed E-state index contributed by atoms with van der Waals surface area (Å²) in [6.45, 7) is 2.69. The highest BCUT2D eigenvalue weighted by atomic mass is 32.2. The van der Waals surface area contributed by atoms with Gasteiger partial charge in [0.25, 0.3) is 5.91 Å². The maximum Gasteiger partial charge on any atom is 0.321 e. The summed E-state index contributed by atoms with van der Waals surface area (Å²) in [5, 5.41) is 2.68. The minimum Gasteiger partial charge on any atom is -0.455 e. The summed E-state index contributed by atoms with van der Waals surface area (Å²) in [5.41, 5.74) is 0. The van der Waals surface area contributed by atoms with Crippen LogP contribution in [0.3, 0.4) is 0 Å². The summed E-state index contributed by atoms with van der Waals surface area (Å²) in [5.74, 6) is -2.07. The van der Waals surface area contributed by atoms with Crippen molar-refractivity contribution in [3.05, 3.63) is 30.1 Å². The molecule has 0 heterocycles. The molecule has 0 bridgehead atoms. The highest BCUT2D eigenvalue weighted by Gasteiger charge is 2.17. The van der Waals surface area contributed by atoms with Crippen molar-refractivity contribution >= 4 is 21.9 Å². The van der Waals surface area contributed by atoms with E-state index in [1.54, 1.807) is 0 Å². The van der Waals surface area contributed by atoms with E-state index >= 15 is 0 Å². The molecule has 1 aromatic carbocycles. The Morgan fingerprint density at radius 1 is 1.25 bits per heavy atom. The molecule has 2 N–H and O–H groups in total. The lowest BCUT2D eigenvalue weighted by atomic mass is 10.2. The third kappa shape index (κ3) is 6.63. The van der Waals surface area contributed by atoms with E-state index in [-0.39, 0.29) is 10.9 Å². The van der Waals surface area contributed by atoms with E-state index in [1.807, 2.05) is 18.6 Å². The highest BCUT2D eigenvalue weighted by Crippen LogP contribution is 2.09. The van der Waals surface area contributed by atoms with Gasteiger partial charge in [0.15, 0.2) is 6.61 Å². The van der Waals surface area contributed by atoms with Gasteiger partial charge in [-0.1, -0.05) is 19.9 Å². The molecular weight excluding hydrogens is 339 g/mol. The summed E-state index contributed by atoms with van der Waals surface area (Å²) in [6, 6.07) is 4.37. The molecule has 1 amide bonds. The summed E-state index contributed by atoms with van der Waals surface area (Å²) in [7, 11) is -4.03. The van der Waals surface area contributed by atoms with Crippen LogP contribution in [0.25, 0.3) is 0 Å². The lowest BCUT2D eigenvalue weighted by molar-refractivity contribution is -0.147. The van der Waals surface area contributed by atoms with Crippen LogP contribution in [0.15, 0.2) is 29.2 Å². The van der Waals surface area contributed by atoms with Crippen molar-refractivity contribution in [2.75, 3.05) is 13.2 Å². The normalized spacial score (nSPS) is 11.3. The molecule has 0 fully saturated rings. The summed E-state index contributed by atoms with van der Waals surface area (Å²) >= 11 is 0. The number of carbonyl (C=O) groups excluding carboxylic acids is 2. The topological polar surface area (TPSA) is 102 Å². The van der Waals surface area contributed by atoms with Crippen molar-refractivity contribution in [1.29, 1.82) is 0 Å². The Morgan fingerprint density at radius 3 is 2.50 bits per heavy atom. The van der Waals surface area contributed by atoms with Crippen molar-refractivity contribution in [2.45, 2.75) is 37.6 Å². The Balaban J connectivity index is 2.44. The number of benzene rings is 1. The molecule has 0 aliphatic carbocycles. The maximum absolute atomic E-state index is 13.0. The Morgan fingerprint density at radius 2 is 1.92 bits per heavy atom. The van der Waals surface area contributed by atoms with Crippen LogP contribution in [-0.4, -0.2) is 39.5 Å². The molecule has 1 rings (SSSR count). The van der Waals surface area contributed by atoms with Gasteiger partial charge in [0, 0.05) is 6.04 Å². The molecule has 0 unspecified atom stereocenters. The number of sulfonamides is 1. The van der Waals surface area contributed by atoms with Crippen LogP contribution in [-0.2, 0) is 24.3 Å². The molecule has 134 valence electrons. The fourth-order valence-corrected chi connectivity index (χ4v) is 2.83. The van der Waals surface area contributed by atoms with Gasteiger partial charge in [0.05, 0.1) is 4.90 Å². The van der Waals surface area contributed by atoms with Crippen molar-refractivity contribution in [1.82, 2.24) is 10.0 Å². The summed E-state index contributed by atoms with van der Waals surface area (Å²) < 4.78 is 43.5. The number of rotatable bonds is 9. The van der Waals surface area contributed by atoms with Gasteiger partial charge in [-0.2, -0.15) is 4.72 Å². The molecule has 0 saturated heterocycles. The highest BCUT2D eigenvalue weighted by molar-refractivity contribution is 7.89. The number of halogens is 1. The number of hydrogen-bond acceptors (Lipinski definition) is 5. The number of carbonyl (C=O) groups is 2. The largest absolute Gasteiger partial charge is 0.455 e. The lowest BCUT2D eigenvalue weighted by Crippen LogP contribution is -2.38. The molecule has 0 radical (unpaired) electrons. The predicted octanol–water partition coefficient (Wildman–Crippen LogP) is 0.952. The molecule has 7 nitrogen and oxygen atoms in total. The van der Waals surface area contributed by atoms with E-state index in [4.69, 9.17) is 4.74 Å². The Hall–Kier alpha value is -2.00. The first-order valence-corrected chi connectivity index (χ1v) is 8.97. The van der Waals surface area contributed by atoms with Crippen LogP contribution < -0.4 is 10.0 Å². The molecule has 0 saturated carbocycles. The Kier molecular flexibility index (Phi) is 7.80. The average molecular weight is 360 g/mol. The first-order chi connectivity index (χ1) is 11.3. The zero-order valence-electron chi connectivity index (χ0n) is 13.5.